The van der Waals surface area contributed by atoms with E-state index >= 15 is 0 Å². The Hall–Kier alpha value is -1.55. The number of hydrogen-bond acceptors (Lipinski definition) is 3. The summed E-state index contributed by atoms with van der Waals surface area (Å²) in [5.41, 5.74) is 11.1. The second kappa shape index (κ2) is 4.28. The smallest absolute Gasteiger partial charge is 0.305 e. The maximum Gasteiger partial charge on any atom is 0.305 e. The van der Waals surface area contributed by atoms with Crippen LogP contribution in [0.5, 0.6) is 0 Å². The number of aryl methyl sites for hydroxylation is 1. The summed E-state index contributed by atoms with van der Waals surface area (Å²) in [4.78, 5) is 13.2. The fourth-order valence-corrected chi connectivity index (χ4v) is 3.15. The number of carbonyl (C=O) groups is 1. The molecule has 0 aromatic heterocycles. The highest BCUT2D eigenvalue weighted by Crippen LogP contribution is 2.38. The van der Waals surface area contributed by atoms with Crippen molar-refractivity contribution >= 4 is 11.7 Å². The van der Waals surface area contributed by atoms with Crippen molar-refractivity contribution in [2.45, 2.75) is 31.7 Å². The normalized spacial score (nSPS) is 18.6. The van der Waals surface area contributed by atoms with Gasteiger partial charge in [0.05, 0.1) is 6.42 Å². The van der Waals surface area contributed by atoms with Crippen LogP contribution in [0.3, 0.4) is 0 Å². The molecule has 0 fully saturated rings. The van der Waals surface area contributed by atoms with Crippen LogP contribution in [0.2, 0.25) is 0 Å². The minimum atomic E-state index is -0.835. The van der Waals surface area contributed by atoms with E-state index in [1.807, 2.05) is 0 Å². The summed E-state index contributed by atoms with van der Waals surface area (Å²) in [6, 6.07) is 3.84. The number of rotatable bonds is 3. The molecule has 1 aromatic rings. The predicted octanol–water partition coefficient (Wildman–Crippen LogP) is 1.47. The van der Waals surface area contributed by atoms with Crippen LogP contribution in [0, 0.1) is 0 Å². The van der Waals surface area contributed by atoms with E-state index in [9.17, 15) is 4.79 Å². The number of anilines is 1. The zero-order chi connectivity index (χ0) is 12.7. The number of hydrogen-bond donors (Lipinski definition) is 2. The molecule has 2 aliphatic heterocycles. The molecule has 0 aliphatic carbocycles. The van der Waals surface area contributed by atoms with Crippen LogP contribution in [0.4, 0.5) is 5.69 Å². The monoisotopic (exact) mass is 246 g/mol. The summed E-state index contributed by atoms with van der Waals surface area (Å²) in [5.74, 6) is -0.835. The number of nitrogens with two attached hydrogens (primary N) is 1. The van der Waals surface area contributed by atoms with Crippen LogP contribution < -0.4 is 10.6 Å². The van der Waals surface area contributed by atoms with Gasteiger partial charge in [0.25, 0.3) is 0 Å². The van der Waals surface area contributed by atoms with Gasteiger partial charge < -0.3 is 15.7 Å². The first kappa shape index (κ1) is 11.5. The maximum atomic E-state index is 10.7. The summed E-state index contributed by atoms with van der Waals surface area (Å²) >= 11 is 0. The summed E-state index contributed by atoms with van der Waals surface area (Å²) in [5, 5.41) is 8.83. The fourth-order valence-electron chi connectivity index (χ4n) is 3.15. The van der Waals surface area contributed by atoms with Gasteiger partial charge in [0.1, 0.15) is 0 Å². The molecule has 3 N–H and O–H groups in total. The molecule has 0 saturated carbocycles. The Bertz CT molecular complexity index is 499. The van der Waals surface area contributed by atoms with E-state index in [4.69, 9.17) is 10.8 Å². The van der Waals surface area contributed by atoms with Gasteiger partial charge in [0, 0.05) is 24.8 Å². The number of aliphatic carboxylic acids is 1. The highest BCUT2D eigenvalue weighted by Gasteiger charge is 2.27. The Kier molecular flexibility index (Phi) is 2.74. The molecular formula is C14H18N2O2. The average Bonchev–Trinajstić information content (AvgIpc) is 2.74. The highest BCUT2D eigenvalue weighted by molar-refractivity contribution is 5.69. The molecule has 0 spiro atoms. The minimum Gasteiger partial charge on any atom is -0.481 e. The van der Waals surface area contributed by atoms with Gasteiger partial charge >= 0.3 is 5.97 Å². The molecule has 0 saturated heterocycles. The van der Waals surface area contributed by atoms with Gasteiger partial charge in [-0.2, -0.15) is 0 Å². The molecule has 0 amide bonds. The minimum absolute atomic E-state index is 0.00193. The number of carboxylic acid groups (broad SMARTS) is 1. The maximum absolute atomic E-state index is 10.7. The Morgan fingerprint density at radius 1 is 1.33 bits per heavy atom. The van der Waals surface area contributed by atoms with E-state index in [1.165, 1.54) is 23.2 Å². The van der Waals surface area contributed by atoms with Crippen molar-refractivity contribution in [2.24, 2.45) is 5.73 Å². The molecule has 1 unspecified atom stereocenters. The van der Waals surface area contributed by atoms with Crippen LogP contribution in [0.25, 0.3) is 0 Å². The summed E-state index contributed by atoms with van der Waals surface area (Å²) in [6.07, 6.45) is 3.34. The largest absolute Gasteiger partial charge is 0.481 e. The van der Waals surface area contributed by atoms with E-state index < -0.39 is 5.97 Å². The molecule has 0 radical (unpaired) electrons. The second-order valence-electron chi connectivity index (χ2n) is 5.23. The molecule has 1 aromatic carbocycles. The molecule has 96 valence electrons. The van der Waals surface area contributed by atoms with Crippen molar-refractivity contribution in [1.82, 2.24) is 0 Å². The number of carboxylic acids is 1. The Labute approximate surface area is 106 Å². The van der Waals surface area contributed by atoms with Crippen LogP contribution >= 0.6 is 0 Å². The molecule has 4 heteroatoms. The lowest BCUT2D eigenvalue weighted by Gasteiger charge is -2.28. The van der Waals surface area contributed by atoms with Gasteiger partial charge in [-0.15, -0.1) is 0 Å². The van der Waals surface area contributed by atoms with E-state index in [1.54, 1.807) is 0 Å². The fraction of sp³-hybridized carbons (Fsp3) is 0.500. The predicted molar refractivity (Wildman–Crippen MR) is 69.9 cm³/mol. The quantitative estimate of drug-likeness (QED) is 0.847. The zero-order valence-electron chi connectivity index (χ0n) is 10.4. The van der Waals surface area contributed by atoms with Crippen molar-refractivity contribution in [3.8, 4) is 0 Å². The van der Waals surface area contributed by atoms with Gasteiger partial charge in [0.2, 0.25) is 0 Å². The third-order valence-electron chi connectivity index (χ3n) is 3.95. The second-order valence-corrected chi connectivity index (χ2v) is 5.23. The Balaban J connectivity index is 1.97. The average molecular weight is 246 g/mol. The van der Waals surface area contributed by atoms with Gasteiger partial charge in [-0.05, 0) is 36.0 Å². The van der Waals surface area contributed by atoms with Crippen LogP contribution in [-0.2, 0) is 17.6 Å². The molecule has 2 aliphatic rings. The molecule has 1 atom stereocenters. The molecule has 18 heavy (non-hydrogen) atoms. The van der Waals surface area contributed by atoms with Gasteiger partial charge in [-0.25, -0.2) is 0 Å². The zero-order valence-corrected chi connectivity index (χ0v) is 10.4. The van der Waals surface area contributed by atoms with Crippen LogP contribution in [0.15, 0.2) is 12.1 Å². The molecule has 0 bridgehead atoms. The topological polar surface area (TPSA) is 66.6 Å². The SMILES string of the molecule is NC(CC(=O)O)c1cc2c3c(c1)CCN3CCC2. The van der Waals surface area contributed by atoms with E-state index in [2.05, 4.69) is 17.0 Å². The lowest BCUT2D eigenvalue weighted by molar-refractivity contribution is -0.137. The first-order valence-electron chi connectivity index (χ1n) is 6.53. The van der Waals surface area contributed by atoms with E-state index in [0.717, 1.165) is 31.5 Å². The highest BCUT2D eigenvalue weighted by atomic mass is 16.4. The first-order chi connectivity index (χ1) is 8.65. The Morgan fingerprint density at radius 3 is 2.78 bits per heavy atom. The number of nitrogens with zero attached hydrogens (tertiary/aromatic N) is 1. The summed E-state index contributed by atoms with van der Waals surface area (Å²) < 4.78 is 0. The molecule has 2 heterocycles. The van der Waals surface area contributed by atoms with Crippen molar-refractivity contribution in [1.29, 1.82) is 0 Å². The van der Waals surface area contributed by atoms with Gasteiger partial charge in [-0.1, -0.05) is 12.1 Å². The third-order valence-corrected chi connectivity index (χ3v) is 3.95. The van der Waals surface area contributed by atoms with Crippen molar-refractivity contribution in [2.75, 3.05) is 18.0 Å². The van der Waals surface area contributed by atoms with Crippen molar-refractivity contribution < 1.29 is 9.90 Å². The lowest BCUT2D eigenvalue weighted by Crippen LogP contribution is -2.26. The Morgan fingerprint density at radius 2 is 2.06 bits per heavy atom. The van der Waals surface area contributed by atoms with Gasteiger partial charge in [-0.3, -0.25) is 4.79 Å². The van der Waals surface area contributed by atoms with Gasteiger partial charge in [0.15, 0.2) is 0 Å². The number of benzene rings is 1. The van der Waals surface area contributed by atoms with Crippen LogP contribution in [0.1, 0.15) is 35.6 Å². The van der Waals surface area contributed by atoms with Crippen molar-refractivity contribution in [3.63, 3.8) is 0 Å². The molecule has 4 nitrogen and oxygen atoms in total. The van der Waals surface area contributed by atoms with E-state index in [0.29, 0.717) is 0 Å². The van der Waals surface area contributed by atoms with E-state index in [-0.39, 0.29) is 12.5 Å². The molecule has 3 rings (SSSR count). The third kappa shape index (κ3) is 1.86. The first-order valence-corrected chi connectivity index (χ1v) is 6.53. The van der Waals surface area contributed by atoms with Crippen LogP contribution in [-0.4, -0.2) is 24.2 Å². The standard InChI is InChI=1S/C14H18N2O2/c15-12(8-13(17)18)11-6-9-2-1-4-16-5-3-10(7-11)14(9)16/h6-7,12H,1-5,8,15H2,(H,17,18). The van der Waals surface area contributed by atoms with Crippen molar-refractivity contribution in [3.05, 3.63) is 28.8 Å². The molecular weight excluding hydrogens is 228 g/mol. The lowest BCUT2D eigenvalue weighted by atomic mass is 9.93. The summed E-state index contributed by atoms with van der Waals surface area (Å²) in [7, 11) is 0. The summed E-state index contributed by atoms with van der Waals surface area (Å²) in [6.45, 7) is 2.25.